The van der Waals surface area contributed by atoms with Crippen molar-refractivity contribution in [1.82, 2.24) is 4.90 Å². The highest BCUT2D eigenvalue weighted by molar-refractivity contribution is 4.80. The van der Waals surface area contributed by atoms with Crippen LogP contribution in [0.4, 0.5) is 0 Å². The Morgan fingerprint density at radius 3 is 2.14 bits per heavy atom. The topological polar surface area (TPSA) is 3.24 Å². The summed E-state index contributed by atoms with van der Waals surface area (Å²) in [6.45, 7) is 5.13. The van der Waals surface area contributed by atoms with Crippen LogP contribution < -0.4 is 0 Å². The van der Waals surface area contributed by atoms with Gasteiger partial charge in [0.15, 0.2) is 0 Å². The zero-order chi connectivity index (χ0) is 9.80. The van der Waals surface area contributed by atoms with Crippen LogP contribution in [0.3, 0.4) is 0 Å². The first kappa shape index (κ1) is 10.5. The molecule has 0 aromatic heterocycles. The molecular formula is C13H25N. The molecule has 0 radical (unpaired) electrons. The Morgan fingerprint density at radius 2 is 1.57 bits per heavy atom. The number of rotatable bonds is 2. The highest BCUT2D eigenvalue weighted by Crippen LogP contribution is 2.27. The summed E-state index contributed by atoms with van der Waals surface area (Å²) in [7, 11) is 0. The van der Waals surface area contributed by atoms with E-state index in [-0.39, 0.29) is 0 Å². The maximum atomic E-state index is 2.78. The van der Waals surface area contributed by atoms with Crippen LogP contribution in [0.2, 0.25) is 0 Å². The lowest BCUT2D eigenvalue weighted by Crippen LogP contribution is -2.42. The lowest BCUT2D eigenvalue weighted by atomic mass is 9.89. The number of hydrogen-bond acceptors (Lipinski definition) is 1. The summed E-state index contributed by atoms with van der Waals surface area (Å²) in [6, 6.07) is 0.960. The van der Waals surface area contributed by atoms with Crippen molar-refractivity contribution in [3.05, 3.63) is 0 Å². The van der Waals surface area contributed by atoms with Crippen molar-refractivity contribution in [2.75, 3.05) is 13.1 Å². The van der Waals surface area contributed by atoms with Crippen LogP contribution in [0.5, 0.6) is 0 Å². The number of likely N-dealkylation sites (tertiary alicyclic amines) is 1. The van der Waals surface area contributed by atoms with Crippen LogP contribution in [0.1, 0.15) is 58.3 Å². The maximum absolute atomic E-state index is 2.78. The summed E-state index contributed by atoms with van der Waals surface area (Å²) in [4.78, 5) is 2.78. The van der Waals surface area contributed by atoms with Gasteiger partial charge in [-0.3, -0.25) is 0 Å². The summed E-state index contributed by atoms with van der Waals surface area (Å²) in [5.74, 6) is 1.04. The zero-order valence-electron chi connectivity index (χ0n) is 9.67. The minimum absolute atomic E-state index is 0.960. The summed E-state index contributed by atoms with van der Waals surface area (Å²) in [5.41, 5.74) is 0. The SMILES string of the molecule is CCC1CCN(C2CCCCC2)CC1. The molecule has 1 heterocycles. The van der Waals surface area contributed by atoms with Gasteiger partial charge in [0.2, 0.25) is 0 Å². The zero-order valence-corrected chi connectivity index (χ0v) is 9.67. The van der Waals surface area contributed by atoms with Crippen molar-refractivity contribution in [3.8, 4) is 0 Å². The lowest BCUT2D eigenvalue weighted by molar-refractivity contribution is 0.106. The van der Waals surface area contributed by atoms with E-state index in [0.717, 1.165) is 12.0 Å². The summed E-state index contributed by atoms with van der Waals surface area (Å²) in [5, 5.41) is 0. The number of hydrogen-bond donors (Lipinski definition) is 0. The van der Waals surface area contributed by atoms with Crippen molar-refractivity contribution in [2.45, 2.75) is 64.3 Å². The van der Waals surface area contributed by atoms with Crippen LogP contribution in [-0.4, -0.2) is 24.0 Å². The molecule has 1 saturated carbocycles. The van der Waals surface area contributed by atoms with Gasteiger partial charge in [0.25, 0.3) is 0 Å². The van der Waals surface area contributed by atoms with Gasteiger partial charge in [-0.05, 0) is 44.7 Å². The third-order valence-corrected chi connectivity index (χ3v) is 4.32. The summed E-state index contributed by atoms with van der Waals surface area (Å²) >= 11 is 0. The minimum Gasteiger partial charge on any atom is -0.300 e. The van der Waals surface area contributed by atoms with E-state index in [9.17, 15) is 0 Å². The molecule has 2 aliphatic rings. The minimum atomic E-state index is 0.960. The van der Waals surface area contributed by atoms with Gasteiger partial charge in [0, 0.05) is 6.04 Å². The quantitative estimate of drug-likeness (QED) is 0.652. The molecule has 0 atom stereocenters. The second-order valence-corrected chi connectivity index (χ2v) is 5.18. The molecule has 0 unspecified atom stereocenters. The first-order chi connectivity index (χ1) is 6.90. The van der Waals surface area contributed by atoms with Crippen molar-refractivity contribution < 1.29 is 0 Å². The predicted molar refractivity (Wildman–Crippen MR) is 61.5 cm³/mol. The van der Waals surface area contributed by atoms with Crippen LogP contribution in [0.25, 0.3) is 0 Å². The maximum Gasteiger partial charge on any atom is 0.00952 e. The Hall–Kier alpha value is -0.0400. The molecule has 1 aliphatic heterocycles. The molecule has 0 N–H and O–H groups in total. The highest BCUT2D eigenvalue weighted by atomic mass is 15.2. The third kappa shape index (κ3) is 2.50. The first-order valence-electron chi connectivity index (χ1n) is 6.64. The Kier molecular flexibility index (Phi) is 3.86. The molecule has 0 amide bonds. The van der Waals surface area contributed by atoms with E-state index in [1.165, 1.54) is 64.5 Å². The predicted octanol–water partition coefficient (Wildman–Crippen LogP) is 3.44. The van der Waals surface area contributed by atoms with E-state index in [1.54, 1.807) is 0 Å². The van der Waals surface area contributed by atoms with Crippen LogP contribution in [0.15, 0.2) is 0 Å². The fourth-order valence-electron chi connectivity index (χ4n) is 3.17. The van der Waals surface area contributed by atoms with E-state index in [2.05, 4.69) is 11.8 Å². The van der Waals surface area contributed by atoms with Gasteiger partial charge in [0.1, 0.15) is 0 Å². The van der Waals surface area contributed by atoms with Crippen molar-refractivity contribution in [1.29, 1.82) is 0 Å². The first-order valence-corrected chi connectivity index (χ1v) is 6.64. The normalized spacial score (nSPS) is 28.1. The van der Waals surface area contributed by atoms with Crippen molar-refractivity contribution in [3.63, 3.8) is 0 Å². The van der Waals surface area contributed by atoms with Gasteiger partial charge in [0.05, 0.1) is 0 Å². The average Bonchev–Trinajstić information content (AvgIpc) is 2.30. The summed E-state index contributed by atoms with van der Waals surface area (Å²) in [6.07, 6.45) is 11.8. The summed E-state index contributed by atoms with van der Waals surface area (Å²) < 4.78 is 0. The van der Waals surface area contributed by atoms with Gasteiger partial charge in [-0.15, -0.1) is 0 Å². The molecule has 0 bridgehead atoms. The van der Waals surface area contributed by atoms with E-state index in [1.807, 2.05) is 0 Å². The van der Waals surface area contributed by atoms with E-state index in [0.29, 0.717) is 0 Å². The largest absolute Gasteiger partial charge is 0.300 e. The van der Waals surface area contributed by atoms with Crippen LogP contribution in [0, 0.1) is 5.92 Å². The van der Waals surface area contributed by atoms with Gasteiger partial charge in [-0.25, -0.2) is 0 Å². The fraction of sp³-hybridized carbons (Fsp3) is 1.00. The Labute approximate surface area is 88.9 Å². The third-order valence-electron chi connectivity index (χ3n) is 4.32. The van der Waals surface area contributed by atoms with Crippen LogP contribution >= 0.6 is 0 Å². The highest BCUT2D eigenvalue weighted by Gasteiger charge is 2.25. The average molecular weight is 195 g/mol. The standard InChI is InChI=1S/C13H25N/c1-2-12-8-10-14(11-9-12)13-6-4-3-5-7-13/h12-13H,2-11H2,1H3. The van der Waals surface area contributed by atoms with Crippen molar-refractivity contribution >= 4 is 0 Å². The molecule has 0 aromatic carbocycles. The van der Waals surface area contributed by atoms with Gasteiger partial charge >= 0.3 is 0 Å². The van der Waals surface area contributed by atoms with Gasteiger partial charge < -0.3 is 4.90 Å². The molecule has 1 saturated heterocycles. The molecule has 0 spiro atoms. The molecule has 2 rings (SSSR count). The second kappa shape index (κ2) is 5.16. The van der Waals surface area contributed by atoms with E-state index >= 15 is 0 Å². The number of nitrogens with zero attached hydrogens (tertiary/aromatic N) is 1. The van der Waals surface area contributed by atoms with E-state index < -0.39 is 0 Å². The molecule has 14 heavy (non-hydrogen) atoms. The van der Waals surface area contributed by atoms with Crippen molar-refractivity contribution in [2.24, 2.45) is 5.92 Å². The van der Waals surface area contributed by atoms with Crippen LogP contribution in [-0.2, 0) is 0 Å². The molecular weight excluding hydrogens is 170 g/mol. The second-order valence-electron chi connectivity index (χ2n) is 5.18. The molecule has 82 valence electrons. The smallest absolute Gasteiger partial charge is 0.00952 e. The monoisotopic (exact) mass is 195 g/mol. The Morgan fingerprint density at radius 1 is 0.929 bits per heavy atom. The fourth-order valence-corrected chi connectivity index (χ4v) is 3.17. The molecule has 1 aliphatic carbocycles. The number of piperidine rings is 1. The van der Waals surface area contributed by atoms with Gasteiger partial charge in [-0.2, -0.15) is 0 Å². The lowest BCUT2D eigenvalue weighted by Gasteiger charge is -2.39. The molecule has 0 aromatic rings. The molecule has 2 fully saturated rings. The Bertz CT molecular complexity index is 153. The van der Waals surface area contributed by atoms with E-state index in [4.69, 9.17) is 0 Å². The van der Waals surface area contributed by atoms with Gasteiger partial charge in [-0.1, -0.05) is 32.6 Å². The Balaban J connectivity index is 1.76. The molecule has 1 nitrogen and oxygen atoms in total. The molecule has 1 heteroatoms.